The molecular formula is C12H15ClN4. The van der Waals surface area contributed by atoms with Crippen LogP contribution in [-0.4, -0.2) is 24.1 Å². The molecule has 1 aromatic carbocycles. The van der Waals surface area contributed by atoms with Gasteiger partial charge in [-0.2, -0.15) is 0 Å². The number of aromatic amines is 1. The molecule has 17 heavy (non-hydrogen) atoms. The Balaban J connectivity index is 2.33. The monoisotopic (exact) mass is 250 g/mol. The van der Waals surface area contributed by atoms with Gasteiger partial charge < -0.3 is 15.6 Å². The van der Waals surface area contributed by atoms with E-state index in [0.717, 1.165) is 22.8 Å². The van der Waals surface area contributed by atoms with Crippen molar-refractivity contribution in [3.05, 3.63) is 35.1 Å². The van der Waals surface area contributed by atoms with Crippen molar-refractivity contribution in [2.45, 2.75) is 6.54 Å². The maximum atomic E-state index is 5.95. The number of nitrogens with zero attached hydrogens (tertiary/aromatic N) is 2. The molecule has 2 rings (SSSR count). The highest BCUT2D eigenvalue weighted by atomic mass is 35.5. The van der Waals surface area contributed by atoms with Crippen molar-refractivity contribution in [1.29, 1.82) is 0 Å². The summed E-state index contributed by atoms with van der Waals surface area (Å²) in [6, 6.07) is 8.08. The molecule has 0 atom stereocenters. The lowest BCUT2D eigenvalue weighted by Crippen LogP contribution is -2.07. The molecule has 0 aliphatic carbocycles. The first-order valence-electron chi connectivity index (χ1n) is 5.34. The second kappa shape index (κ2) is 4.77. The van der Waals surface area contributed by atoms with Crippen molar-refractivity contribution in [1.82, 2.24) is 9.97 Å². The number of imidazole rings is 1. The molecule has 4 nitrogen and oxygen atoms in total. The van der Waals surface area contributed by atoms with Gasteiger partial charge in [0.2, 0.25) is 0 Å². The zero-order chi connectivity index (χ0) is 12.4. The zero-order valence-corrected chi connectivity index (χ0v) is 10.6. The summed E-state index contributed by atoms with van der Waals surface area (Å²) >= 11 is 5.95. The van der Waals surface area contributed by atoms with Gasteiger partial charge in [0.05, 0.1) is 5.69 Å². The predicted molar refractivity (Wildman–Crippen MR) is 71.3 cm³/mol. The number of nitrogens with one attached hydrogen (secondary N) is 1. The lowest BCUT2D eigenvalue weighted by Gasteiger charge is -2.12. The van der Waals surface area contributed by atoms with Gasteiger partial charge >= 0.3 is 0 Å². The van der Waals surface area contributed by atoms with Gasteiger partial charge in [-0.15, -0.1) is 0 Å². The number of nitrogens with two attached hydrogens (primary N) is 1. The third kappa shape index (κ3) is 2.43. The average Bonchev–Trinajstić information content (AvgIpc) is 2.70. The normalized spacial score (nSPS) is 10.6. The van der Waals surface area contributed by atoms with Crippen LogP contribution >= 0.6 is 11.6 Å². The summed E-state index contributed by atoms with van der Waals surface area (Å²) < 4.78 is 0. The molecule has 5 heteroatoms. The van der Waals surface area contributed by atoms with Crippen LogP contribution in [0.25, 0.3) is 11.4 Å². The number of hydrogen-bond acceptors (Lipinski definition) is 3. The average molecular weight is 251 g/mol. The van der Waals surface area contributed by atoms with Crippen molar-refractivity contribution < 1.29 is 0 Å². The Morgan fingerprint density at radius 2 is 1.94 bits per heavy atom. The summed E-state index contributed by atoms with van der Waals surface area (Å²) in [5, 5.41) is 0.444. The van der Waals surface area contributed by atoms with Crippen molar-refractivity contribution in [2.75, 3.05) is 19.0 Å². The highest BCUT2D eigenvalue weighted by molar-refractivity contribution is 6.30. The van der Waals surface area contributed by atoms with Gasteiger partial charge in [0.1, 0.15) is 5.82 Å². The van der Waals surface area contributed by atoms with Crippen LogP contribution in [0.3, 0.4) is 0 Å². The van der Waals surface area contributed by atoms with E-state index >= 15 is 0 Å². The van der Waals surface area contributed by atoms with Crippen LogP contribution in [0.1, 0.15) is 5.69 Å². The predicted octanol–water partition coefficient (Wildman–Crippen LogP) is 2.25. The fourth-order valence-corrected chi connectivity index (χ4v) is 1.79. The largest absolute Gasteiger partial charge is 0.378 e. The SMILES string of the molecule is CN(C)c1ccc(-c2nc(Cl)c(CN)[nH]2)cc1. The third-order valence-corrected chi connectivity index (χ3v) is 2.90. The van der Waals surface area contributed by atoms with Crippen LogP contribution in [0, 0.1) is 0 Å². The van der Waals surface area contributed by atoms with Crippen molar-refractivity contribution in [3.63, 3.8) is 0 Å². The second-order valence-electron chi connectivity index (χ2n) is 4.00. The molecule has 90 valence electrons. The topological polar surface area (TPSA) is 57.9 Å². The van der Waals surface area contributed by atoms with Crippen LogP contribution in [0.15, 0.2) is 24.3 Å². The van der Waals surface area contributed by atoms with Gasteiger partial charge in [-0.3, -0.25) is 0 Å². The molecule has 1 heterocycles. The quantitative estimate of drug-likeness (QED) is 0.879. The fourth-order valence-electron chi connectivity index (χ4n) is 1.58. The summed E-state index contributed by atoms with van der Waals surface area (Å²) in [6.07, 6.45) is 0. The minimum absolute atomic E-state index is 0.363. The molecule has 0 spiro atoms. The Kier molecular flexibility index (Phi) is 3.36. The fraction of sp³-hybridized carbons (Fsp3) is 0.250. The number of halogens is 1. The summed E-state index contributed by atoms with van der Waals surface area (Å²) in [5.41, 5.74) is 8.45. The Labute approximate surface area is 105 Å². The number of benzene rings is 1. The van der Waals surface area contributed by atoms with Gasteiger partial charge in [0, 0.05) is 31.9 Å². The van der Waals surface area contributed by atoms with Crippen molar-refractivity contribution >= 4 is 17.3 Å². The molecule has 0 saturated heterocycles. The van der Waals surface area contributed by atoms with Crippen molar-refractivity contribution in [3.8, 4) is 11.4 Å². The van der Waals surface area contributed by atoms with Crippen molar-refractivity contribution in [2.24, 2.45) is 5.73 Å². The number of aromatic nitrogens is 2. The molecule has 0 radical (unpaired) electrons. The Bertz CT molecular complexity index is 502. The van der Waals surface area contributed by atoms with E-state index in [1.54, 1.807) is 0 Å². The molecule has 0 saturated carbocycles. The highest BCUT2D eigenvalue weighted by Gasteiger charge is 2.08. The first-order valence-corrected chi connectivity index (χ1v) is 5.72. The maximum absolute atomic E-state index is 5.95. The summed E-state index contributed by atoms with van der Waals surface area (Å²) in [7, 11) is 4.01. The van der Waals surface area contributed by atoms with Crippen LogP contribution in [0.4, 0.5) is 5.69 Å². The molecular weight excluding hydrogens is 236 g/mol. The lowest BCUT2D eigenvalue weighted by atomic mass is 10.2. The van der Waals surface area contributed by atoms with E-state index in [1.165, 1.54) is 0 Å². The van der Waals surface area contributed by atoms with E-state index in [1.807, 2.05) is 43.3 Å². The van der Waals surface area contributed by atoms with Crippen LogP contribution in [-0.2, 0) is 6.54 Å². The highest BCUT2D eigenvalue weighted by Crippen LogP contribution is 2.23. The zero-order valence-electron chi connectivity index (χ0n) is 9.87. The maximum Gasteiger partial charge on any atom is 0.152 e. The first kappa shape index (κ1) is 12.0. The summed E-state index contributed by atoms with van der Waals surface area (Å²) in [4.78, 5) is 9.40. The van der Waals surface area contributed by atoms with E-state index < -0.39 is 0 Å². The molecule has 0 amide bonds. The van der Waals surface area contributed by atoms with Gasteiger partial charge in [-0.25, -0.2) is 4.98 Å². The molecule has 0 fully saturated rings. The molecule has 3 N–H and O–H groups in total. The number of hydrogen-bond donors (Lipinski definition) is 2. The summed E-state index contributed by atoms with van der Waals surface area (Å²) in [5.74, 6) is 0.751. The summed E-state index contributed by atoms with van der Waals surface area (Å²) in [6.45, 7) is 0.363. The minimum atomic E-state index is 0.363. The Morgan fingerprint density at radius 1 is 1.29 bits per heavy atom. The first-order chi connectivity index (χ1) is 8.11. The van der Waals surface area contributed by atoms with E-state index in [2.05, 4.69) is 9.97 Å². The van der Waals surface area contributed by atoms with Gasteiger partial charge in [-0.05, 0) is 24.3 Å². The number of H-pyrrole nitrogens is 1. The van der Waals surface area contributed by atoms with Gasteiger partial charge in [0.15, 0.2) is 5.15 Å². The number of anilines is 1. The molecule has 2 aromatic rings. The van der Waals surface area contributed by atoms with Gasteiger partial charge in [0.25, 0.3) is 0 Å². The van der Waals surface area contributed by atoms with E-state index in [4.69, 9.17) is 17.3 Å². The van der Waals surface area contributed by atoms with E-state index in [9.17, 15) is 0 Å². The van der Waals surface area contributed by atoms with Crippen LogP contribution in [0.2, 0.25) is 5.15 Å². The number of rotatable bonds is 3. The molecule has 0 bridgehead atoms. The molecule has 1 aromatic heterocycles. The molecule has 0 unspecified atom stereocenters. The minimum Gasteiger partial charge on any atom is -0.378 e. The second-order valence-corrected chi connectivity index (χ2v) is 4.36. The standard InChI is InChI=1S/C12H15ClN4/c1-17(2)9-5-3-8(4-6-9)12-15-10(7-14)11(13)16-12/h3-6H,7,14H2,1-2H3,(H,15,16). The van der Waals surface area contributed by atoms with Crippen LogP contribution < -0.4 is 10.6 Å². The third-order valence-electron chi connectivity index (χ3n) is 2.59. The van der Waals surface area contributed by atoms with Gasteiger partial charge in [-0.1, -0.05) is 11.6 Å². The molecule has 0 aliphatic heterocycles. The van der Waals surface area contributed by atoms with E-state index in [0.29, 0.717) is 11.7 Å². The smallest absolute Gasteiger partial charge is 0.152 e. The Morgan fingerprint density at radius 3 is 2.41 bits per heavy atom. The van der Waals surface area contributed by atoms with E-state index in [-0.39, 0.29) is 0 Å². The Hall–Kier alpha value is -1.52. The molecule has 0 aliphatic rings. The van der Waals surface area contributed by atoms with Crippen LogP contribution in [0.5, 0.6) is 0 Å². The lowest BCUT2D eigenvalue weighted by molar-refractivity contribution is 1.01.